The fraction of sp³-hybridized carbons (Fsp3) is 0.0667. The maximum atomic E-state index is 13.7. The van der Waals surface area contributed by atoms with Crippen molar-refractivity contribution < 1.29 is 9.18 Å². The molecule has 0 bridgehead atoms. The van der Waals surface area contributed by atoms with Gasteiger partial charge in [-0.3, -0.25) is 4.79 Å². The molecule has 0 aliphatic rings. The molecule has 0 saturated heterocycles. The lowest BCUT2D eigenvalue weighted by molar-refractivity contribution is 0.102. The third-order valence-corrected chi connectivity index (χ3v) is 3.31. The highest BCUT2D eigenvalue weighted by molar-refractivity contribution is 6.33. The number of nitrogens with one attached hydrogen (secondary N) is 1. The van der Waals surface area contributed by atoms with Crippen molar-refractivity contribution in [3.05, 3.63) is 57.9 Å². The fourth-order valence-electron chi connectivity index (χ4n) is 1.74. The van der Waals surface area contributed by atoms with Gasteiger partial charge in [-0.2, -0.15) is 5.26 Å². The minimum Gasteiger partial charge on any atom is -0.398 e. The molecule has 21 heavy (non-hydrogen) atoms. The maximum absolute atomic E-state index is 13.7. The van der Waals surface area contributed by atoms with Crippen LogP contribution in [0.15, 0.2) is 30.3 Å². The van der Waals surface area contributed by atoms with Gasteiger partial charge in [-0.1, -0.05) is 11.6 Å². The van der Waals surface area contributed by atoms with Gasteiger partial charge in [-0.05, 0) is 37.3 Å². The summed E-state index contributed by atoms with van der Waals surface area (Å²) >= 11 is 5.86. The van der Waals surface area contributed by atoms with Crippen molar-refractivity contribution >= 4 is 28.9 Å². The van der Waals surface area contributed by atoms with Gasteiger partial charge in [0.15, 0.2) is 0 Å². The van der Waals surface area contributed by atoms with Crippen LogP contribution >= 0.6 is 11.6 Å². The van der Waals surface area contributed by atoms with Crippen molar-refractivity contribution in [2.24, 2.45) is 0 Å². The van der Waals surface area contributed by atoms with Crippen molar-refractivity contribution in [1.82, 2.24) is 0 Å². The number of hydrogen-bond donors (Lipinski definition) is 2. The highest BCUT2D eigenvalue weighted by Crippen LogP contribution is 2.23. The minimum absolute atomic E-state index is 0.128. The lowest BCUT2D eigenvalue weighted by Gasteiger charge is -2.10. The molecule has 0 spiro atoms. The molecule has 0 atom stereocenters. The molecule has 2 aromatic carbocycles. The van der Waals surface area contributed by atoms with Crippen LogP contribution in [0, 0.1) is 24.1 Å². The number of nitrogen functional groups attached to an aromatic ring is 1. The molecule has 4 nitrogen and oxygen atoms in total. The summed E-state index contributed by atoms with van der Waals surface area (Å²) in [5, 5.41) is 11.7. The van der Waals surface area contributed by atoms with Crippen LogP contribution in [0.4, 0.5) is 15.8 Å². The van der Waals surface area contributed by atoms with Crippen LogP contribution in [0.1, 0.15) is 21.5 Å². The number of carbonyl (C=O) groups excluding carboxylic acids is 1. The highest BCUT2D eigenvalue weighted by Gasteiger charge is 2.12. The lowest BCUT2D eigenvalue weighted by Crippen LogP contribution is -2.13. The predicted molar refractivity (Wildman–Crippen MR) is 79.7 cm³/mol. The molecule has 0 aliphatic carbocycles. The van der Waals surface area contributed by atoms with Gasteiger partial charge in [0, 0.05) is 16.8 Å². The molecule has 2 aromatic rings. The molecule has 0 radical (unpaired) electrons. The highest BCUT2D eigenvalue weighted by atomic mass is 35.5. The average molecular weight is 304 g/mol. The van der Waals surface area contributed by atoms with Crippen LogP contribution in [-0.4, -0.2) is 5.91 Å². The Morgan fingerprint density at radius 1 is 1.38 bits per heavy atom. The summed E-state index contributed by atoms with van der Waals surface area (Å²) in [6.07, 6.45) is 0. The van der Waals surface area contributed by atoms with Gasteiger partial charge in [-0.15, -0.1) is 0 Å². The second-order valence-electron chi connectivity index (χ2n) is 4.43. The molecule has 2 rings (SSSR count). The first kappa shape index (κ1) is 14.8. The third-order valence-electron chi connectivity index (χ3n) is 2.98. The molecule has 3 N–H and O–H groups in total. The van der Waals surface area contributed by atoms with Gasteiger partial charge in [0.2, 0.25) is 0 Å². The zero-order valence-corrected chi connectivity index (χ0v) is 11.8. The van der Waals surface area contributed by atoms with Gasteiger partial charge in [0.1, 0.15) is 5.82 Å². The molecule has 0 heterocycles. The summed E-state index contributed by atoms with van der Waals surface area (Å²) in [7, 11) is 0. The first-order valence-corrected chi connectivity index (χ1v) is 6.37. The number of halogens is 2. The van der Waals surface area contributed by atoms with Crippen molar-refractivity contribution in [2.75, 3.05) is 11.1 Å². The summed E-state index contributed by atoms with van der Waals surface area (Å²) < 4.78 is 13.7. The van der Waals surface area contributed by atoms with Crippen LogP contribution in [0.5, 0.6) is 0 Å². The molecule has 0 saturated carbocycles. The monoisotopic (exact) mass is 303 g/mol. The second kappa shape index (κ2) is 5.81. The van der Waals surface area contributed by atoms with Crippen molar-refractivity contribution in [2.45, 2.75) is 6.92 Å². The maximum Gasteiger partial charge on any atom is 0.255 e. The van der Waals surface area contributed by atoms with E-state index in [2.05, 4.69) is 5.32 Å². The number of carbonyl (C=O) groups is 1. The van der Waals surface area contributed by atoms with Gasteiger partial charge in [-0.25, -0.2) is 4.39 Å². The Morgan fingerprint density at radius 2 is 2.10 bits per heavy atom. The SMILES string of the molecule is Cc1c(F)cc(C#N)cc1NC(=O)c1ccc(N)c(Cl)c1. The number of nitrogens with two attached hydrogens (primary N) is 1. The summed E-state index contributed by atoms with van der Waals surface area (Å²) in [6.45, 7) is 1.52. The summed E-state index contributed by atoms with van der Waals surface area (Å²) in [4.78, 5) is 12.1. The summed E-state index contributed by atoms with van der Waals surface area (Å²) in [5.41, 5.74) is 6.85. The number of nitrogens with zero attached hydrogens (tertiary/aromatic N) is 1. The average Bonchev–Trinajstić information content (AvgIpc) is 2.46. The van der Waals surface area contributed by atoms with Crippen LogP contribution in [0.2, 0.25) is 5.02 Å². The van der Waals surface area contributed by atoms with E-state index in [0.717, 1.165) is 6.07 Å². The number of amides is 1. The van der Waals surface area contributed by atoms with Gasteiger partial charge in [0.05, 0.1) is 22.3 Å². The molecule has 1 amide bonds. The molecule has 0 aromatic heterocycles. The van der Waals surface area contributed by atoms with Crippen molar-refractivity contribution in [3.63, 3.8) is 0 Å². The first-order valence-electron chi connectivity index (χ1n) is 5.99. The third kappa shape index (κ3) is 3.12. The van der Waals surface area contributed by atoms with E-state index >= 15 is 0 Å². The topological polar surface area (TPSA) is 78.9 Å². The quantitative estimate of drug-likeness (QED) is 0.833. The normalized spacial score (nSPS) is 10.0. The lowest BCUT2D eigenvalue weighted by atomic mass is 10.1. The van der Waals surface area contributed by atoms with E-state index in [9.17, 15) is 9.18 Å². The standard InChI is InChI=1S/C15H11ClFN3O/c1-8-12(17)4-9(7-18)5-14(8)20-15(21)10-2-3-13(19)11(16)6-10/h2-6H,19H2,1H3,(H,20,21). The molecule has 0 unspecified atom stereocenters. The Kier molecular flexibility index (Phi) is 4.10. The summed E-state index contributed by atoms with van der Waals surface area (Å²) in [6, 6.07) is 8.81. The van der Waals surface area contributed by atoms with Gasteiger partial charge >= 0.3 is 0 Å². The zero-order chi connectivity index (χ0) is 15.6. The minimum atomic E-state index is -0.556. The van der Waals surface area contributed by atoms with E-state index in [1.54, 1.807) is 0 Å². The number of anilines is 2. The van der Waals surface area contributed by atoms with E-state index in [0.29, 0.717) is 5.69 Å². The molecule has 6 heteroatoms. The number of rotatable bonds is 2. The number of benzene rings is 2. The number of hydrogen-bond acceptors (Lipinski definition) is 3. The largest absolute Gasteiger partial charge is 0.398 e. The molecule has 106 valence electrons. The molecular formula is C15H11ClFN3O. The number of nitriles is 1. The Labute approximate surface area is 125 Å². The van der Waals surface area contributed by atoms with Crippen LogP contribution in [0.25, 0.3) is 0 Å². The Bertz CT molecular complexity index is 768. The first-order chi connectivity index (χ1) is 9.92. The smallest absolute Gasteiger partial charge is 0.255 e. The summed E-state index contributed by atoms with van der Waals surface area (Å²) in [5.74, 6) is -1.02. The van der Waals surface area contributed by atoms with E-state index < -0.39 is 11.7 Å². The Balaban J connectivity index is 2.33. The van der Waals surface area contributed by atoms with Crippen LogP contribution in [0.3, 0.4) is 0 Å². The molecular weight excluding hydrogens is 293 g/mol. The van der Waals surface area contributed by atoms with Crippen molar-refractivity contribution in [3.8, 4) is 6.07 Å². The predicted octanol–water partition coefficient (Wildman–Crippen LogP) is 3.49. The molecule has 0 aliphatic heterocycles. The van der Waals surface area contributed by atoms with E-state index in [4.69, 9.17) is 22.6 Å². The van der Waals surface area contributed by atoms with E-state index in [-0.39, 0.29) is 27.4 Å². The van der Waals surface area contributed by atoms with Gasteiger partial charge in [0.25, 0.3) is 5.91 Å². The zero-order valence-electron chi connectivity index (χ0n) is 11.1. The van der Waals surface area contributed by atoms with E-state index in [1.165, 1.54) is 31.2 Å². The fourth-order valence-corrected chi connectivity index (χ4v) is 1.92. The van der Waals surface area contributed by atoms with Crippen molar-refractivity contribution in [1.29, 1.82) is 5.26 Å². The Morgan fingerprint density at radius 3 is 2.71 bits per heavy atom. The Hall–Kier alpha value is -2.58. The van der Waals surface area contributed by atoms with Crippen LogP contribution < -0.4 is 11.1 Å². The van der Waals surface area contributed by atoms with Gasteiger partial charge < -0.3 is 11.1 Å². The van der Waals surface area contributed by atoms with E-state index in [1.807, 2.05) is 6.07 Å². The molecule has 0 fully saturated rings. The van der Waals surface area contributed by atoms with Crippen LogP contribution in [-0.2, 0) is 0 Å². The second-order valence-corrected chi connectivity index (χ2v) is 4.84.